The Bertz CT molecular complexity index is 526. The fourth-order valence-electron chi connectivity index (χ4n) is 8.63. The van der Waals surface area contributed by atoms with Crippen molar-refractivity contribution in [3.63, 3.8) is 0 Å². The van der Waals surface area contributed by atoms with Gasteiger partial charge < -0.3 is 5.11 Å². The molecule has 4 bridgehead atoms. The van der Waals surface area contributed by atoms with Crippen LogP contribution in [0.2, 0.25) is 0 Å². The number of carboxylic acid groups (broad SMARTS) is 1. The molecule has 124 valence electrons. The Labute approximate surface area is 135 Å². The second-order valence-corrected chi connectivity index (χ2v) is 9.96. The first-order valence-electron chi connectivity index (χ1n) is 9.43. The van der Waals surface area contributed by atoms with Gasteiger partial charge in [-0.1, -0.05) is 41.0 Å². The van der Waals surface area contributed by atoms with E-state index in [4.69, 9.17) is 0 Å². The van der Waals surface area contributed by atoms with E-state index in [1.54, 1.807) is 0 Å². The fourth-order valence-corrected chi connectivity index (χ4v) is 8.63. The number of hydrogen-bond acceptors (Lipinski definition) is 1. The maximum atomic E-state index is 12.8. The van der Waals surface area contributed by atoms with E-state index in [2.05, 4.69) is 34.6 Å². The number of carbonyl (C=O) groups is 1. The maximum Gasteiger partial charge on any atom is 0.311 e. The first-order valence-corrected chi connectivity index (χ1v) is 9.43. The van der Waals surface area contributed by atoms with Crippen LogP contribution in [0.1, 0.15) is 66.7 Å². The van der Waals surface area contributed by atoms with E-state index >= 15 is 0 Å². The topological polar surface area (TPSA) is 37.3 Å². The molecule has 0 amide bonds. The van der Waals surface area contributed by atoms with Crippen molar-refractivity contribution in [3.8, 4) is 0 Å². The van der Waals surface area contributed by atoms with Crippen molar-refractivity contribution in [1.82, 2.24) is 0 Å². The lowest BCUT2D eigenvalue weighted by Crippen LogP contribution is -2.61. The molecule has 2 nitrogen and oxygen atoms in total. The zero-order valence-corrected chi connectivity index (χ0v) is 14.9. The van der Waals surface area contributed by atoms with Gasteiger partial charge in [-0.25, -0.2) is 0 Å². The van der Waals surface area contributed by atoms with Crippen LogP contribution in [0.25, 0.3) is 0 Å². The molecule has 8 atom stereocenters. The highest BCUT2D eigenvalue weighted by Gasteiger charge is 2.83. The Kier molecular flexibility index (Phi) is 2.80. The summed E-state index contributed by atoms with van der Waals surface area (Å²) < 4.78 is 0. The molecule has 0 aromatic carbocycles. The highest BCUT2D eigenvalue weighted by atomic mass is 16.4. The Morgan fingerprint density at radius 2 is 1.82 bits per heavy atom. The maximum absolute atomic E-state index is 12.8. The van der Waals surface area contributed by atoms with Crippen molar-refractivity contribution in [2.24, 2.45) is 51.8 Å². The van der Waals surface area contributed by atoms with Gasteiger partial charge in [-0.05, 0) is 72.0 Å². The van der Waals surface area contributed by atoms with Crippen molar-refractivity contribution >= 4 is 5.97 Å². The van der Waals surface area contributed by atoms with Crippen LogP contribution in [-0.2, 0) is 4.79 Å². The lowest BCUT2D eigenvalue weighted by molar-refractivity contribution is -0.194. The van der Waals surface area contributed by atoms with Gasteiger partial charge in [0.25, 0.3) is 0 Å². The molecule has 0 radical (unpaired) electrons. The molecule has 1 unspecified atom stereocenters. The lowest BCUT2D eigenvalue weighted by Gasteiger charge is -2.60. The monoisotopic (exact) mass is 304 g/mol. The van der Waals surface area contributed by atoms with Crippen molar-refractivity contribution in [2.75, 3.05) is 0 Å². The summed E-state index contributed by atoms with van der Waals surface area (Å²) in [7, 11) is 0. The van der Waals surface area contributed by atoms with Crippen LogP contribution in [0.4, 0.5) is 0 Å². The summed E-state index contributed by atoms with van der Waals surface area (Å²) in [6.45, 7) is 11.7. The van der Waals surface area contributed by atoms with Crippen LogP contribution < -0.4 is 0 Å². The molecule has 0 aromatic rings. The molecular weight excluding hydrogens is 272 g/mol. The van der Waals surface area contributed by atoms with Crippen LogP contribution in [0, 0.1) is 51.8 Å². The van der Waals surface area contributed by atoms with Crippen LogP contribution in [-0.4, -0.2) is 11.1 Å². The zero-order valence-electron chi connectivity index (χ0n) is 14.9. The van der Waals surface area contributed by atoms with E-state index in [0.29, 0.717) is 23.7 Å². The molecule has 0 spiro atoms. The number of carboxylic acids is 1. The van der Waals surface area contributed by atoms with Crippen molar-refractivity contribution in [2.45, 2.75) is 66.7 Å². The Balaban J connectivity index is 1.94. The van der Waals surface area contributed by atoms with E-state index in [0.717, 1.165) is 18.3 Å². The molecule has 4 saturated carbocycles. The zero-order chi connectivity index (χ0) is 16.1. The smallest absolute Gasteiger partial charge is 0.311 e. The summed E-state index contributed by atoms with van der Waals surface area (Å²) in [5.41, 5.74) is -0.411. The van der Waals surface area contributed by atoms with Gasteiger partial charge >= 0.3 is 5.97 Å². The number of rotatable bonds is 2. The molecule has 2 heteroatoms. The molecule has 0 heterocycles. The Morgan fingerprint density at radius 3 is 2.41 bits per heavy atom. The van der Waals surface area contributed by atoms with Crippen molar-refractivity contribution in [3.05, 3.63) is 0 Å². The van der Waals surface area contributed by atoms with E-state index in [1.807, 2.05) is 0 Å². The van der Waals surface area contributed by atoms with Gasteiger partial charge in [0.1, 0.15) is 0 Å². The van der Waals surface area contributed by atoms with Gasteiger partial charge in [-0.15, -0.1) is 0 Å². The van der Waals surface area contributed by atoms with Crippen molar-refractivity contribution in [1.29, 1.82) is 0 Å². The second-order valence-electron chi connectivity index (χ2n) is 9.96. The first kappa shape index (κ1) is 15.0. The summed E-state index contributed by atoms with van der Waals surface area (Å²) in [6, 6.07) is 0. The Hall–Kier alpha value is -0.530. The fraction of sp³-hybridized carbons (Fsp3) is 0.950. The molecule has 1 N–H and O–H groups in total. The molecule has 4 fully saturated rings. The summed E-state index contributed by atoms with van der Waals surface area (Å²) in [6.07, 6.45) is 6.09. The molecule has 4 aliphatic carbocycles. The van der Waals surface area contributed by atoms with E-state index in [-0.39, 0.29) is 10.8 Å². The van der Waals surface area contributed by atoms with E-state index < -0.39 is 11.4 Å². The molecule has 0 aliphatic heterocycles. The second kappa shape index (κ2) is 4.11. The standard InChI is InChI=1S/C20H32O2/c1-11(2)16-8-13-9-19(5)15-7-6-12(3)14(15)10-18(13,4)20(16,19)17(21)22/h11-16H,6-10H2,1-5H3,(H,21,22)/t12-,13+,14-,15-,16?,18-,19-,20-/m1/s1. The van der Waals surface area contributed by atoms with Crippen LogP contribution in [0.3, 0.4) is 0 Å². The van der Waals surface area contributed by atoms with Gasteiger partial charge in [0.15, 0.2) is 0 Å². The minimum absolute atomic E-state index is 0.0269. The quantitative estimate of drug-likeness (QED) is 0.793. The van der Waals surface area contributed by atoms with Gasteiger partial charge in [-0.2, -0.15) is 0 Å². The van der Waals surface area contributed by atoms with E-state index in [9.17, 15) is 9.90 Å². The van der Waals surface area contributed by atoms with E-state index in [1.165, 1.54) is 25.7 Å². The number of aliphatic carboxylic acids is 1. The summed E-state index contributed by atoms with van der Waals surface area (Å²) in [4.78, 5) is 12.8. The lowest BCUT2D eigenvalue weighted by atomic mass is 9.42. The average Bonchev–Trinajstić information content (AvgIpc) is 2.94. The predicted octanol–water partition coefficient (Wildman–Crippen LogP) is 4.83. The first-order chi connectivity index (χ1) is 10.2. The van der Waals surface area contributed by atoms with Gasteiger partial charge in [0.05, 0.1) is 5.41 Å². The molecular formula is C20H32O2. The summed E-state index contributed by atoms with van der Waals surface area (Å²) >= 11 is 0. The average molecular weight is 304 g/mol. The van der Waals surface area contributed by atoms with Gasteiger partial charge in [-0.3, -0.25) is 4.79 Å². The molecule has 4 rings (SSSR count). The molecule has 22 heavy (non-hydrogen) atoms. The highest BCUT2D eigenvalue weighted by Crippen LogP contribution is 2.84. The largest absolute Gasteiger partial charge is 0.481 e. The third-order valence-corrected chi connectivity index (χ3v) is 9.27. The molecule has 0 aromatic heterocycles. The SMILES string of the molecule is CC(C)C1C[C@H]2C[C@]3(C)[C@@H]4CC[C@@H](C)[C@H]4C[C@@]2(C)[C@]13C(=O)O. The van der Waals surface area contributed by atoms with Crippen LogP contribution in [0.5, 0.6) is 0 Å². The minimum atomic E-state index is -0.468. The van der Waals surface area contributed by atoms with Crippen LogP contribution >= 0.6 is 0 Å². The number of hydrogen-bond donors (Lipinski definition) is 1. The van der Waals surface area contributed by atoms with Crippen LogP contribution in [0.15, 0.2) is 0 Å². The third-order valence-electron chi connectivity index (χ3n) is 9.27. The minimum Gasteiger partial charge on any atom is -0.481 e. The van der Waals surface area contributed by atoms with Gasteiger partial charge in [0, 0.05) is 0 Å². The summed E-state index contributed by atoms with van der Waals surface area (Å²) in [5, 5.41) is 10.5. The number of fused-ring (bicyclic) bond motifs is 2. The third kappa shape index (κ3) is 1.26. The van der Waals surface area contributed by atoms with Gasteiger partial charge in [0.2, 0.25) is 0 Å². The predicted molar refractivity (Wildman–Crippen MR) is 87.3 cm³/mol. The Morgan fingerprint density at radius 1 is 1.14 bits per heavy atom. The normalized spacial score (nSPS) is 59.1. The molecule has 0 saturated heterocycles. The van der Waals surface area contributed by atoms with Crippen molar-refractivity contribution < 1.29 is 9.90 Å². The highest BCUT2D eigenvalue weighted by molar-refractivity contribution is 5.80. The summed E-state index contributed by atoms with van der Waals surface area (Å²) in [5.74, 6) is 3.25. The molecule has 4 aliphatic rings.